The quantitative estimate of drug-likeness (QED) is 0.599. The lowest BCUT2D eigenvalue weighted by Gasteiger charge is -2.34. The summed E-state index contributed by atoms with van der Waals surface area (Å²) in [6, 6.07) is 0. The highest BCUT2D eigenvalue weighted by atomic mass is 16.5. The van der Waals surface area contributed by atoms with Crippen molar-refractivity contribution in [2.24, 2.45) is 5.92 Å². The first-order chi connectivity index (χ1) is 4.20. The minimum atomic E-state index is -0.210. The van der Waals surface area contributed by atoms with E-state index in [0.717, 1.165) is 13.0 Å². The molecule has 1 saturated heterocycles. The van der Waals surface area contributed by atoms with Gasteiger partial charge in [0, 0.05) is 5.92 Å². The summed E-state index contributed by atoms with van der Waals surface area (Å²) in [6.45, 7) is 4.82. The molecule has 0 aliphatic carbocycles. The van der Waals surface area contributed by atoms with Crippen molar-refractivity contribution in [2.45, 2.75) is 32.5 Å². The van der Waals surface area contributed by atoms with Crippen LogP contribution in [-0.4, -0.2) is 23.9 Å². The Kier molecular flexibility index (Phi) is 2.09. The van der Waals surface area contributed by atoms with Crippen LogP contribution in [0.4, 0.5) is 0 Å². The molecule has 2 heteroatoms. The second-order valence-corrected chi connectivity index (χ2v) is 2.93. The molecule has 54 valence electrons. The average Bonchev–Trinajstić information content (AvgIpc) is 1.79. The van der Waals surface area contributed by atoms with Crippen LogP contribution >= 0.6 is 0 Å². The van der Waals surface area contributed by atoms with Gasteiger partial charge in [0.2, 0.25) is 0 Å². The zero-order valence-electron chi connectivity index (χ0n) is 6.00. The summed E-state index contributed by atoms with van der Waals surface area (Å²) in [5.74, 6) is 0.652. The predicted octanol–water partition coefficient (Wildman–Crippen LogP) is 0.792. The van der Waals surface area contributed by atoms with Gasteiger partial charge in [-0.25, -0.2) is 0 Å². The van der Waals surface area contributed by atoms with Crippen molar-refractivity contribution in [1.82, 2.24) is 0 Å². The van der Waals surface area contributed by atoms with Crippen LogP contribution in [0, 0.1) is 5.92 Å². The van der Waals surface area contributed by atoms with Gasteiger partial charge >= 0.3 is 0 Å². The normalized spacial score (nSPS) is 37.7. The van der Waals surface area contributed by atoms with Gasteiger partial charge in [0.1, 0.15) is 0 Å². The molecule has 0 amide bonds. The molecule has 1 aliphatic heterocycles. The summed E-state index contributed by atoms with van der Waals surface area (Å²) in [5.41, 5.74) is 0. The molecule has 0 radical (unpaired) electrons. The lowest BCUT2D eigenvalue weighted by Crippen LogP contribution is -2.39. The summed E-state index contributed by atoms with van der Waals surface area (Å²) in [7, 11) is 0. The Morgan fingerprint density at radius 3 is 2.56 bits per heavy atom. The maximum Gasteiger partial charge on any atom is 0.0647 e. The van der Waals surface area contributed by atoms with Gasteiger partial charge in [-0.05, 0) is 13.3 Å². The van der Waals surface area contributed by atoms with Gasteiger partial charge in [0.25, 0.3) is 0 Å². The molecule has 1 rings (SSSR count). The van der Waals surface area contributed by atoms with Crippen molar-refractivity contribution >= 4 is 0 Å². The first-order valence-corrected chi connectivity index (χ1v) is 3.50. The second kappa shape index (κ2) is 2.67. The van der Waals surface area contributed by atoms with Gasteiger partial charge in [0.05, 0.1) is 18.8 Å². The van der Waals surface area contributed by atoms with Gasteiger partial charge < -0.3 is 9.84 Å². The van der Waals surface area contributed by atoms with Gasteiger partial charge in [-0.15, -0.1) is 0 Å². The smallest absolute Gasteiger partial charge is 0.0647 e. The Hall–Kier alpha value is -0.0800. The molecule has 3 unspecified atom stereocenters. The van der Waals surface area contributed by atoms with Crippen molar-refractivity contribution in [2.75, 3.05) is 6.61 Å². The summed E-state index contributed by atoms with van der Waals surface area (Å²) in [5, 5.41) is 8.93. The second-order valence-electron chi connectivity index (χ2n) is 2.93. The Balaban J connectivity index is 2.13. The standard InChI is InChI=1S/C7H14O2/c1-5-4-9-7(5)3-6(2)8/h5-8H,3-4H2,1-2H3. The summed E-state index contributed by atoms with van der Waals surface area (Å²) < 4.78 is 5.19. The molecule has 0 spiro atoms. The van der Waals surface area contributed by atoms with E-state index in [1.165, 1.54) is 0 Å². The van der Waals surface area contributed by atoms with Crippen LogP contribution in [0.2, 0.25) is 0 Å². The van der Waals surface area contributed by atoms with E-state index < -0.39 is 0 Å². The molecule has 1 heterocycles. The van der Waals surface area contributed by atoms with E-state index in [1.807, 2.05) is 0 Å². The molecule has 0 aromatic rings. The highest BCUT2D eigenvalue weighted by Crippen LogP contribution is 2.23. The summed E-state index contributed by atoms with van der Waals surface area (Å²) >= 11 is 0. The molecular weight excluding hydrogens is 116 g/mol. The van der Waals surface area contributed by atoms with Gasteiger partial charge in [-0.3, -0.25) is 0 Å². The Morgan fingerprint density at radius 2 is 2.44 bits per heavy atom. The predicted molar refractivity (Wildman–Crippen MR) is 35.2 cm³/mol. The lowest BCUT2D eigenvalue weighted by molar-refractivity contribution is -0.121. The molecule has 1 N–H and O–H groups in total. The maximum atomic E-state index is 8.93. The third-order valence-corrected chi connectivity index (χ3v) is 1.78. The van der Waals surface area contributed by atoms with Crippen LogP contribution in [0.15, 0.2) is 0 Å². The van der Waals surface area contributed by atoms with E-state index in [9.17, 15) is 0 Å². The topological polar surface area (TPSA) is 29.5 Å². The van der Waals surface area contributed by atoms with E-state index in [1.54, 1.807) is 6.92 Å². The number of rotatable bonds is 2. The van der Waals surface area contributed by atoms with Crippen molar-refractivity contribution < 1.29 is 9.84 Å². The van der Waals surface area contributed by atoms with Crippen LogP contribution in [0.25, 0.3) is 0 Å². The van der Waals surface area contributed by atoms with Gasteiger partial charge in [-0.1, -0.05) is 6.92 Å². The van der Waals surface area contributed by atoms with Crippen LogP contribution < -0.4 is 0 Å². The van der Waals surface area contributed by atoms with Gasteiger partial charge in [0.15, 0.2) is 0 Å². The SMILES string of the molecule is CC(O)CC1OCC1C. The fourth-order valence-electron chi connectivity index (χ4n) is 1.06. The lowest BCUT2D eigenvalue weighted by atomic mass is 9.95. The fourth-order valence-corrected chi connectivity index (χ4v) is 1.06. The van der Waals surface area contributed by atoms with E-state index in [4.69, 9.17) is 9.84 Å². The minimum Gasteiger partial charge on any atom is -0.393 e. The first kappa shape index (κ1) is 7.03. The Morgan fingerprint density at radius 1 is 1.78 bits per heavy atom. The van der Waals surface area contributed by atoms with Crippen LogP contribution in [0.1, 0.15) is 20.3 Å². The molecule has 1 fully saturated rings. The maximum absolute atomic E-state index is 8.93. The first-order valence-electron chi connectivity index (χ1n) is 3.50. The van der Waals surface area contributed by atoms with Crippen LogP contribution in [0.3, 0.4) is 0 Å². The van der Waals surface area contributed by atoms with Crippen molar-refractivity contribution in [3.63, 3.8) is 0 Å². The summed E-state index contributed by atoms with van der Waals surface area (Å²) in [4.78, 5) is 0. The molecule has 0 aromatic carbocycles. The van der Waals surface area contributed by atoms with Crippen molar-refractivity contribution in [3.05, 3.63) is 0 Å². The highest BCUT2D eigenvalue weighted by molar-refractivity contribution is 4.76. The zero-order valence-corrected chi connectivity index (χ0v) is 6.00. The molecule has 3 atom stereocenters. The molecule has 1 aliphatic rings. The minimum absolute atomic E-state index is 0.210. The zero-order chi connectivity index (χ0) is 6.85. The van der Waals surface area contributed by atoms with E-state index in [2.05, 4.69) is 6.92 Å². The van der Waals surface area contributed by atoms with Crippen molar-refractivity contribution in [3.8, 4) is 0 Å². The monoisotopic (exact) mass is 130 g/mol. The van der Waals surface area contributed by atoms with Crippen molar-refractivity contribution in [1.29, 1.82) is 0 Å². The third kappa shape index (κ3) is 1.66. The highest BCUT2D eigenvalue weighted by Gasteiger charge is 2.28. The molecule has 0 aromatic heterocycles. The average molecular weight is 130 g/mol. The molecular formula is C7H14O2. The Bertz CT molecular complexity index is 90.9. The summed E-state index contributed by atoms with van der Waals surface area (Å²) in [6.07, 6.45) is 0.906. The number of aliphatic hydroxyl groups is 1. The third-order valence-electron chi connectivity index (χ3n) is 1.78. The number of aliphatic hydroxyl groups excluding tert-OH is 1. The van der Waals surface area contributed by atoms with E-state index >= 15 is 0 Å². The van der Waals surface area contributed by atoms with Crippen LogP contribution in [0.5, 0.6) is 0 Å². The number of ether oxygens (including phenoxy) is 1. The van der Waals surface area contributed by atoms with Crippen LogP contribution in [-0.2, 0) is 4.74 Å². The van der Waals surface area contributed by atoms with Gasteiger partial charge in [-0.2, -0.15) is 0 Å². The largest absolute Gasteiger partial charge is 0.393 e. The fraction of sp³-hybridized carbons (Fsp3) is 1.00. The van der Waals surface area contributed by atoms with E-state index in [0.29, 0.717) is 12.0 Å². The molecule has 0 saturated carbocycles. The molecule has 0 bridgehead atoms. The van der Waals surface area contributed by atoms with E-state index in [-0.39, 0.29) is 6.10 Å². The number of hydrogen-bond donors (Lipinski definition) is 1. The molecule has 9 heavy (non-hydrogen) atoms. The molecule has 2 nitrogen and oxygen atoms in total. The Labute approximate surface area is 55.8 Å². The number of hydrogen-bond acceptors (Lipinski definition) is 2.